The molecule has 3 nitrogen and oxygen atoms in total. The van der Waals surface area contributed by atoms with Crippen molar-refractivity contribution in [2.75, 3.05) is 19.9 Å². The van der Waals surface area contributed by atoms with Crippen molar-refractivity contribution in [3.8, 4) is 0 Å². The number of ether oxygens (including phenoxy) is 1. The zero-order valence-corrected chi connectivity index (χ0v) is 12.0. The lowest BCUT2D eigenvalue weighted by atomic mass is 10.1. The van der Waals surface area contributed by atoms with Crippen LogP contribution in [0.5, 0.6) is 0 Å². The Kier molecular flexibility index (Phi) is 6.83. The van der Waals surface area contributed by atoms with Crippen LogP contribution in [0.15, 0.2) is 29.2 Å². The molecule has 0 heterocycles. The summed E-state index contributed by atoms with van der Waals surface area (Å²) in [4.78, 5) is 12.3. The largest absolute Gasteiger partial charge is 0.469 e. The van der Waals surface area contributed by atoms with Gasteiger partial charge in [-0.25, -0.2) is 0 Å². The molecule has 1 aromatic rings. The lowest BCUT2D eigenvalue weighted by Gasteiger charge is -2.18. The standard InChI is InChI=1S/C14H21NO2S/c1-4-12(15-2)11-7-5-6-8-13(11)18-10-9-14(16)17-3/h5-8,12,15H,4,9-10H2,1-3H3. The van der Waals surface area contributed by atoms with E-state index in [1.165, 1.54) is 17.6 Å². The second-order valence-corrected chi connectivity index (χ2v) is 5.10. The van der Waals surface area contributed by atoms with Gasteiger partial charge in [-0.1, -0.05) is 25.1 Å². The number of benzene rings is 1. The van der Waals surface area contributed by atoms with E-state index in [0.29, 0.717) is 12.5 Å². The molecule has 0 amide bonds. The predicted molar refractivity (Wildman–Crippen MR) is 75.9 cm³/mol. The number of carbonyl (C=O) groups is 1. The maximum Gasteiger partial charge on any atom is 0.306 e. The van der Waals surface area contributed by atoms with Gasteiger partial charge in [-0.05, 0) is 25.1 Å². The third kappa shape index (κ3) is 4.35. The fraction of sp³-hybridized carbons (Fsp3) is 0.500. The molecular formula is C14H21NO2S. The van der Waals surface area contributed by atoms with Gasteiger partial charge in [0, 0.05) is 16.7 Å². The second-order valence-electron chi connectivity index (χ2n) is 3.96. The molecule has 0 radical (unpaired) electrons. The molecule has 18 heavy (non-hydrogen) atoms. The van der Waals surface area contributed by atoms with Gasteiger partial charge in [0.15, 0.2) is 0 Å². The molecule has 0 saturated heterocycles. The Morgan fingerprint density at radius 2 is 2.17 bits per heavy atom. The lowest BCUT2D eigenvalue weighted by Crippen LogP contribution is -2.16. The van der Waals surface area contributed by atoms with Gasteiger partial charge in [-0.2, -0.15) is 0 Å². The Labute approximate surface area is 113 Å². The fourth-order valence-electron chi connectivity index (χ4n) is 1.83. The summed E-state index contributed by atoms with van der Waals surface area (Å²) in [5, 5.41) is 3.31. The molecule has 0 aliphatic heterocycles. The van der Waals surface area contributed by atoms with Crippen LogP contribution in [0, 0.1) is 0 Å². The number of nitrogens with one attached hydrogen (secondary N) is 1. The molecule has 0 aromatic heterocycles. The summed E-state index contributed by atoms with van der Waals surface area (Å²) in [7, 11) is 3.40. The van der Waals surface area contributed by atoms with E-state index in [1.54, 1.807) is 11.8 Å². The van der Waals surface area contributed by atoms with Crippen molar-refractivity contribution in [2.45, 2.75) is 30.7 Å². The minimum absolute atomic E-state index is 0.152. The average molecular weight is 267 g/mol. The molecule has 0 bridgehead atoms. The molecule has 0 aliphatic carbocycles. The molecule has 4 heteroatoms. The van der Waals surface area contributed by atoms with E-state index < -0.39 is 0 Å². The molecule has 0 spiro atoms. The normalized spacial score (nSPS) is 12.2. The molecule has 1 N–H and O–H groups in total. The van der Waals surface area contributed by atoms with Crippen molar-refractivity contribution >= 4 is 17.7 Å². The summed E-state index contributed by atoms with van der Waals surface area (Å²) < 4.78 is 4.64. The molecule has 1 aromatic carbocycles. The summed E-state index contributed by atoms with van der Waals surface area (Å²) in [5.74, 6) is 0.602. The topological polar surface area (TPSA) is 38.3 Å². The molecule has 0 aliphatic rings. The van der Waals surface area contributed by atoms with Gasteiger partial charge in [0.05, 0.1) is 13.5 Å². The molecule has 0 fully saturated rings. The van der Waals surface area contributed by atoms with Gasteiger partial charge < -0.3 is 10.1 Å². The zero-order chi connectivity index (χ0) is 13.4. The van der Waals surface area contributed by atoms with Gasteiger partial charge in [0.2, 0.25) is 0 Å². The Morgan fingerprint density at radius 3 is 2.78 bits per heavy atom. The number of hydrogen-bond acceptors (Lipinski definition) is 4. The van der Waals surface area contributed by atoms with Crippen molar-refractivity contribution in [1.29, 1.82) is 0 Å². The van der Waals surface area contributed by atoms with Crippen LogP contribution in [0.25, 0.3) is 0 Å². The van der Waals surface area contributed by atoms with Gasteiger partial charge in [0.25, 0.3) is 0 Å². The van der Waals surface area contributed by atoms with Crippen LogP contribution in [0.1, 0.15) is 31.4 Å². The Bertz CT molecular complexity index is 378. The summed E-state index contributed by atoms with van der Waals surface area (Å²) in [6.45, 7) is 2.16. The maximum atomic E-state index is 11.1. The first-order chi connectivity index (χ1) is 8.72. The minimum atomic E-state index is -0.152. The quantitative estimate of drug-likeness (QED) is 0.609. The second kappa shape index (κ2) is 8.16. The van der Waals surface area contributed by atoms with Crippen molar-refractivity contribution in [3.05, 3.63) is 29.8 Å². The Morgan fingerprint density at radius 1 is 1.44 bits per heavy atom. The third-order valence-corrected chi connectivity index (χ3v) is 3.93. The molecule has 0 saturated carbocycles. The number of thioether (sulfide) groups is 1. The average Bonchev–Trinajstić information content (AvgIpc) is 2.41. The molecule has 100 valence electrons. The van der Waals surface area contributed by atoms with Crippen LogP contribution in [-0.2, 0) is 9.53 Å². The Hall–Kier alpha value is -1.00. The van der Waals surface area contributed by atoms with Crippen LogP contribution in [0.2, 0.25) is 0 Å². The Balaban J connectivity index is 2.67. The number of carbonyl (C=O) groups excluding carboxylic acids is 1. The maximum absolute atomic E-state index is 11.1. The number of hydrogen-bond donors (Lipinski definition) is 1. The highest BCUT2D eigenvalue weighted by Crippen LogP contribution is 2.29. The first-order valence-corrected chi connectivity index (χ1v) is 7.17. The van der Waals surface area contributed by atoms with E-state index in [9.17, 15) is 4.79 Å². The van der Waals surface area contributed by atoms with E-state index in [-0.39, 0.29) is 5.97 Å². The van der Waals surface area contributed by atoms with Gasteiger partial charge in [-0.3, -0.25) is 4.79 Å². The first kappa shape index (κ1) is 15.1. The van der Waals surface area contributed by atoms with Crippen LogP contribution < -0.4 is 5.32 Å². The zero-order valence-electron chi connectivity index (χ0n) is 11.2. The van der Waals surface area contributed by atoms with Gasteiger partial charge in [0.1, 0.15) is 0 Å². The van der Waals surface area contributed by atoms with Gasteiger partial charge in [-0.15, -0.1) is 11.8 Å². The van der Waals surface area contributed by atoms with Crippen molar-refractivity contribution in [1.82, 2.24) is 5.32 Å². The monoisotopic (exact) mass is 267 g/mol. The highest BCUT2D eigenvalue weighted by atomic mass is 32.2. The predicted octanol–water partition coefficient (Wildman–Crippen LogP) is 3.01. The van der Waals surface area contributed by atoms with Crippen LogP contribution in [0.3, 0.4) is 0 Å². The molecule has 1 unspecified atom stereocenters. The van der Waals surface area contributed by atoms with E-state index >= 15 is 0 Å². The van der Waals surface area contributed by atoms with E-state index in [1.807, 2.05) is 13.1 Å². The fourth-order valence-corrected chi connectivity index (χ4v) is 2.87. The highest BCUT2D eigenvalue weighted by Gasteiger charge is 2.11. The highest BCUT2D eigenvalue weighted by molar-refractivity contribution is 7.99. The first-order valence-electron chi connectivity index (χ1n) is 6.18. The van der Waals surface area contributed by atoms with Crippen molar-refractivity contribution in [2.24, 2.45) is 0 Å². The van der Waals surface area contributed by atoms with E-state index in [0.717, 1.165) is 12.2 Å². The van der Waals surface area contributed by atoms with Gasteiger partial charge >= 0.3 is 5.97 Å². The molecule has 1 atom stereocenters. The van der Waals surface area contributed by atoms with E-state index in [4.69, 9.17) is 0 Å². The number of methoxy groups -OCH3 is 1. The van der Waals surface area contributed by atoms with Crippen LogP contribution in [-0.4, -0.2) is 25.9 Å². The number of esters is 1. The SMILES string of the molecule is CCC(NC)c1ccccc1SCCC(=O)OC. The summed E-state index contributed by atoms with van der Waals surface area (Å²) >= 11 is 1.71. The third-order valence-electron chi connectivity index (χ3n) is 2.84. The van der Waals surface area contributed by atoms with E-state index in [2.05, 4.69) is 35.2 Å². The summed E-state index contributed by atoms with van der Waals surface area (Å²) in [6.07, 6.45) is 1.50. The number of rotatable bonds is 7. The summed E-state index contributed by atoms with van der Waals surface area (Å²) in [6, 6.07) is 8.71. The van der Waals surface area contributed by atoms with Crippen molar-refractivity contribution in [3.63, 3.8) is 0 Å². The smallest absolute Gasteiger partial charge is 0.306 e. The van der Waals surface area contributed by atoms with Crippen LogP contribution in [0.4, 0.5) is 0 Å². The van der Waals surface area contributed by atoms with Crippen molar-refractivity contribution < 1.29 is 9.53 Å². The minimum Gasteiger partial charge on any atom is -0.469 e. The lowest BCUT2D eigenvalue weighted by molar-refractivity contribution is -0.140. The summed E-state index contributed by atoms with van der Waals surface area (Å²) in [5.41, 5.74) is 1.30. The van der Waals surface area contributed by atoms with Crippen LogP contribution >= 0.6 is 11.8 Å². The molecular weight excluding hydrogens is 246 g/mol. The molecule has 1 rings (SSSR count).